The minimum Gasteiger partial charge on any atom is -0.413 e. The van der Waals surface area contributed by atoms with Gasteiger partial charge in [0.25, 0.3) is 0 Å². The molecule has 0 amide bonds. The Kier molecular flexibility index (Phi) is 6.79. The van der Waals surface area contributed by atoms with Gasteiger partial charge in [-0.25, -0.2) is 0 Å². The number of aliphatic hydroxyl groups excluding tert-OH is 1. The Morgan fingerprint density at radius 3 is 2.27 bits per heavy atom. The van der Waals surface area contributed by atoms with E-state index in [1.807, 2.05) is 43.3 Å². The molecule has 0 aliphatic carbocycles. The molecule has 0 bridgehead atoms. The van der Waals surface area contributed by atoms with Crippen molar-refractivity contribution in [1.29, 1.82) is 0 Å². The Morgan fingerprint density at radius 1 is 1.12 bits per heavy atom. The predicted octanol–water partition coefficient (Wildman–Crippen LogP) is 7.01. The van der Waals surface area contributed by atoms with Crippen molar-refractivity contribution >= 4 is 35.8 Å². The summed E-state index contributed by atoms with van der Waals surface area (Å²) >= 11 is 9.91. The molecule has 0 aromatic heterocycles. The number of aliphatic hydroxyl groups is 1. The highest BCUT2D eigenvalue weighted by Gasteiger charge is 2.37. The lowest BCUT2D eigenvalue weighted by Crippen LogP contribution is -2.40. The largest absolute Gasteiger partial charge is 0.413 e. The van der Waals surface area contributed by atoms with Crippen molar-refractivity contribution in [2.24, 2.45) is 0 Å². The first-order chi connectivity index (χ1) is 11.9. The zero-order valence-electron chi connectivity index (χ0n) is 16.4. The molecule has 1 atom stereocenters. The van der Waals surface area contributed by atoms with Gasteiger partial charge in [0.15, 0.2) is 8.32 Å². The number of halogens is 2. The molecule has 0 spiro atoms. The summed E-state index contributed by atoms with van der Waals surface area (Å²) in [7, 11) is -1.79. The fourth-order valence-electron chi connectivity index (χ4n) is 2.38. The second-order valence-electron chi connectivity index (χ2n) is 8.33. The Bertz CT molecular complexity index is 784. The van der Waals surface area contributed by atoms with Gasteiger partial charge in [0, 0.05) is 15.1 Å². The normalized spacial score (nSPS) is 13.7. The summed E-state index contributed by atoms with van der Waals surface area (Å²) in [6.07, 6.45) is -0.771. The average Bonchev–Trinajstić information content (AvgIpc) is 2.51. The van der Waals surface area contributed by atoms with Crippen LogP contribution in [-0.2, 0) is 11.0 Å². The molecule has 142 valence electrons. The molecular weight excluding hydrogens is 428 g/mol. The van der Waals surface area contributed by atoms with Gasteiger partial charge >= 0.3 is 0 Å². The van der Waals surface area contributed by atoms with E-state index in [4.69, 9.17) is 16.0 Å². The molecule has 2 aromatic rings. The van der Waals surface area contributed by atoms with Crippen LogP contribution in [-0.4, -0.2) is 13.4 Å². The van der Waals surface area contributed by atoms with Gasteiger partial charge in [0.05, 0.1) is 6.61 Å². The summed E-state index contributed by atoms with van der Waals surface area (Å²) < 4.78 is 7.15. The molecule has 2 aromatic carbocycles. The van der Waals surface area contributed by atoms with Crippen LogP contribution >= 0.6 is 27.5 Å². The van der Waals surface area contributed by atoms with E-state index in [1.165, 1.54) is 0 Å². The standard InChI is InChI=1S/C21H28BrClO2Si/c1-14-7-9-17(19(23)11-14)20(24)16-10-8-15(12-18(16)22)13-25-26(5,6)21(2,3)4/h7-12,20,24H,13H2,1-6H3. The van der Waals surface area contributed by atoms with Crippen molar-refractivity contribution in [2.45, 2.75) is 58.5 Å². The third-order valence-electron chi connectivity index (χ3n) is 5.22. The molecule has 0 aliphatic rings. The average molecular weight is 456 g/mol. The SMILES string of the molecule is Cc1ccc(C(O)c2ccc(CO[Si](C)(C)C(C)(C)C)cc2Br)c(Cl)c1. The smallest absolute Gasteiger partial charge is 0.192 e. The van der Waals surface area contributed by atoms with Gasteiger partial charge in [0.1, 0.15) is 6.10 Å². The maximum Gasteiger partial charge on any atom is 0.192 e. The zero-order valence-corrected chi connectivity index (χ0v) is 19.7. The van der Waals surface area contributed by atoms with E-state index in [9.17, 15) is 5.11 Å². The molecule has 0 fully saturated rings. The quantitative estimate of drug-likeness (QED) is 0.491. The number of hydrogen-bond donors (Lipinski definition) is 1. The van der Waals surface area contributed by atoms with Crippen molar-refractivity contribution in [3.05, 3.63) is 68.1 Å². The predicted molar refractivity (Wildman–Crippen MR) is 116 cm³/mol. The molecule has 0 saturated heterocycles. The van der Waals surface area contributed by atoms with Crippen LogP contribution in [0.2, 0.25) is 23.2 Å². The second kappa shape index (κ2) is 8.15. The molecule has 0 heterocycles. The fourth-order valence-corrected chi connectivity index (χ4v) is 4.33. The summed E-state index contributed by atoms with van der Waals surface area (Å²) in [6.45, 7) is 13.8. The monoisotopic (exact) mass is 454 g/mol. The maximum atomic E-state index is 10.8. The van der Waals surface area contributed by atoms with Gasteiger partial charge < -0.3 is 9.53 Å². The van der Waals surface area contributed by atoms with Crippen LogP contribution in [0.5, 0.6) is 0 Å². The van der Waals surface area contributed by atoms with Gasteiger partial charge in [-0.1, -0.05) is 72.6 Å². The maximum absolute atomic E-state index is 10.8. The first kappa shape index (κ1) is 21.6. The number of rotatable bonds is 5. The summed E-state index contributed by atoms with van der Waals surface area (Å²) in [6, 6.07) is 11.7. The molecule has 2 nitrogen and oxygen atoms in total. The van der Waals surface area contributed by atoms with Gasteiger partial charge in [-0.2, -0.15) is 0 Å². The number of aryl methyl sites for hydroxylation is 1. The highest BCUT2D eigenvalue weighted by molar-refractivity contribution is 9.10. The molecule has 0 radical (unpaired) electrons. The summed E-state index contributed by atoms with van der Waals surface area (Å²) in [5.41, 5.74) is 3.67. The van der Waals surface area contributed by atoms with E-state index in [0.29, 0.717) is 17.2 Å². The molecule has 0 saturated carbocycles. The van der Waals surface area contributed by atoms with Crippen molar-refractivity contribution in [3.8, 4) is 0 Å². The molecule has 26 heavy (non-hydrogen) atoms. The summed E-state index contributed by atoms with van der Waals surface area (Å²) in [4.78, 5) is 0. The number of hydrogen-bond acceptors (Lipinski definition) is 2. The second-order valence-corrected chi connectivity index (χ2v) is 14.4. The zero-order chi connectivity index (χ0) is 19.7. The molecular formula is C21H28BrClO2Si. The van der Waals surface area contributed by atoms with E-state index in [2.05, 4.69) is 49.8 Å². The first-order valence-corrected chi connectivity index (χ1v) is 12.9. The Balaban J connectivity index is 2.19. The highest BCUT2D eigenvalue weighted by Crippen LogP contribution is 2.38. The van der Waals surface area contributed by atoms with Gasteiger partial charge in [-0.3, -0.25) is 0 Å². The molecule has 1 N–H and O–H groups in total. The van der Waals surface area contributed by atoms with E-state index < -0.39 is 14.4 Å². The molecule has 5 heteroatoms. The van der Waals surface area contributed by atoms with Crippen LogP contribution in [0.4, 0.5) is 0 Å². The van der Waals surface area contributed by atoms with Gasteiger partial charge in [0.2, 0.25) is 0 Å². The lowest BCUT2D eigenvalue weighted by atomic mass is 9.99. The van der Waals surface area contributed by atoms with Crippen LogP contribution < -0.4 is 0 Å². The third-order valence-corrected chi connectivity index (χ3v) is 10.7. The fraction of sp³-hybridized carbons (Fsp3) is 0.429. The van der Waals surface area contributed by atoms with Crippen molar-refractivity contribution in [2.75, 3.05) is 0 Å². The molecule has 2 rings (SSSR count). The van der Waals surface area contributed by atoms with E-state index in [-0.39, 0.29) is 5.04 Å². The van der Waals surface area contributed by atoms with E-state index in [0.717, 1.165) is 21.2 Å². The Hall–Kier alpha value is -0.653. The third kappa shape index (κ3) is 4.99. The Morgan fingerprint density at radius 2 is 1.73 bits per heavy atom. The molecule has 1 unspecified atom stereocenters. The summed E-state index contributed by atoms with van der Waals surface area (Å²) in [5.74, 6) is 0. The minimum atomic E-state index is -1.79. The molecule has 0 aliphatic heterocycles. The lowest BCUT2D eigenvalue weighted by molar-refractivity contribution is 0.219. The lowest BCUT2D eigenvalue weighted by Gasteiger charge is -2.36. The van der Waals surface area contributed by atoms with Crippen LogP contribution in [0.1, 0.15) is 49.1 Å². The van der Waals surface area contributed by atoms with Crippen LogP contribution in [0.25, 0.3) is 0 Å². The van der Waals surface area contributed by atoms with Crippen LogP contribution in [0.15, 0.2) is 40.9 Å². The van der Waals surface area contributed by atoms with Gasteiger partial charge in [-0.15, -0.1) is 0 Å². The van der Waals surface area contributed by atoms with E-state index in [1.54, 1.807) is 0 Å². The number of benzene rings is 2. The first-order valence-electron chi connectivity index (χ1n) is 8.79. The summed E-state index contributed by atoms with van der Waals surface area (Å²) in [5, 5.41) is 11.5. The topological polar surface area (TPSA) is 29.5 Å². The van der Waals surface area contributed by atoms with Crippen molar-refractivity contribution in [1.82, 2.24) is 0 Å². The van der Waals surface area contributed by atoms with Crippen LogP contribution in [0, 0.1) is 6.92 Å². The van der Waals surface area contributed by atoms with Gasteiger partial charge in [-0.05, 0) is 53.9 Å². The van der Waals surface area contributed by atoms with Crippen molar-refractivity contribution < 1.29 is 9.53 Å². The minimum absolute atomic E-state index is 0.183. The highest BCUT2D eigenvalue weighted by atomic mass is 79.9. The Labute approximate surface area is 171 Å². The van der Waals surface area contributed by atoms with Crippen molar-refractivity contribution in [3.63, 3.8) is 0 Å². The van der Waals surface area contributed by atoms with E-state index >= 15 is 0 Å². The van der Waals surface area contributed by atoms with Crippen LogP contribution in [0.3, 0.4) is 0 Å².